The van der Waals surface area contributed by atoms with Crippen LogP contribution in [0.3, 0.4) is 0 Å². The van der Waals surface area contributed by atoms with Gasteiger partial charge in [0, 0.05) is 18.9 Å². The molecule has 17 heavy (non-hydrogen) atoms. The van der Waals surface area contributed by atoms with Crippen molar-refractivity contribution in [2.24, 2.45) is 0 Å². The Morgan fingerprint density at radius 2 is 2.35 bits per heavy atom. The molecule has 0 aliphatic carbocycles. The molecule has 2 heterocycles. The van der Waals surface area contributed by atoms with E-state index in [4.69, 9.17) is 4.74 Å². The number of methoxy groups -OCH3 is 1. The zero-order valence-electron chi connectivity index (χ0n) is 9.41. The SMILES string of the molecule is COC(=O)C1CN(C(=O)n2ccnc2)CCO1. The molecule has 0 N–H and O–H groups in total. The van der Waals surface area contributed by atoms with Crippen LogP contribution in [0.2, 0.25) is 0 Å². The van der Waals surface area contributed by atoms with Gasteiger partial charge < -0.3 is 14.4 Å². The summed E-state index contributed by atoms with van der Waals surface area (Å²) >= 11 is 0. The first-order valence-electron chi connectivity index (χ1n) is 5.19. The van der Waals surface area contributed by atoms with Crippen LogP contribution >= 0.6 is 0 Å². The van der Waals surface area contributed by atoms with Gasteiger partial charge in [0.2, 0.25) is 0 Å². The molecule has 0 aromatic carbocycles. The lowest BCUT2D eigenvalue weighted by atomic mass is 10.3. The van der Waals surface area contributed by atoms with E-state index in [1.165, 1.54) is 29.1 Å². The third-order valence-corrected chi connectivity index (χ3v) is 2.53. The van der Waals surface area contributed by atoms with E-state index in [1.807, 2.05) is 0 Å². The maximum atomic E-state index is 12.0. The van der Waals surface area contributed by atoms with Crippen LogP contribution < -0.4 is 0 Å². The molecule has 1 aliphatic rings. The number of carbonyl (C=O) groups is 2. The van der Waals surface area contributed by atoms with Gasteiger partial charge in [0.15, 0.2) is 6.10 Å². The molecule has 1 aromatic rings. The Kier molecular flexibility index (Phi) is 3.38. The summed E-state index contributed by atoms with van der Waals surface area (Å²) in [5.74, 6) is -0.465. The predicted molar refractivity (Wildman–Crippen MR) is 56.4 cm³/mol. The summed E-state index contributed by atoms with van der Waals surface area (Å²) < 4.78 is 11.2. The van der Waals surface area contributed by atoms with Gasteiger partial charge in [-0.3, -0.25) is 4.57 Å². The number of morpholine rings is 1. The van der Waals surface area contributed by atoms with Crippen LogP contribution in [-0.2, 0) is 14.3 Å². The van der Waals surface area contributed by atoms with Crippen LogP contribution in [-0.4, -0.2) is 59.4 Å². The summed E-state index contributed by atoms with van der Waals surface area (Å²) in [6.45, 7) is 0.967. The Morgan fingerprint density at radius 3 is 3.00 bits per heavy atom. The van der Waals surface area contributed by atoms with Crippen molar-refractivity contribution < 1.29 is 19.1 Å². The first-order valence-corrected chi connectivity index (χ1v) is 5.19. The maximum absolute atomic E-state index is 12.0. The van der Waals surface area contributed by atoms with Crippen LogP contribution in [0.15, 0.2) is 18.7 Å². The van der Waals surface area contributed by atoms with Gasteiger partial charge in [-0.2, -0.15) is 0 Å². The fourth-order valence-electron chi connectivity index (χ4n) is 1.63. The second-order valence-electron chi connectivity index (χ2n) is 3.58. The lowest BCUT2D eigenvalue weighted by Crippen LogP contribution is -2.49. The molecule has 92 valence electrons. The van der Waals surface area contributed by atoms with Gasteiger partial charge in [-0.15, -0.1) is 0 Å². The number of esters is 1. The van der Waals surface area contributed by atoms with Gasteiger partial charge in [-0.05, 0) is 0 Å². The van der Waals surface area contributed by atoms with E-state index in [2.05, 4.69) is 9.72 Å². The zero-order valence-corrected chi connectivity index (χ0v) is 9.41. The molecule has 2 rings (SSSR count). The normalized spacial score (nSPS) is 20.1. The number of hydrogen-bond donors (Lipinski definition) is 0. The Balaban J connectivity index is 2.02. The maximum Gasteiger partial charge on any atom is 0.336 e. The summed E-state index contributed by atoms with van der Waals surface area (Å²) in [5.41, 5.74) is 0. The van der Waals surface area contributed by atoms with Gasteiger partial charge in [0.05, 0.1) is 20.3 Å². The summed E-state index contributed by atoms with van der Waals surface area (Å²) in [5, 5.41) is 0. The van der Waals surface area contributed by atoms with Crippen molar-refractivity contribution >= 4 is 12.0 Å². The average Bonchev–Trinajstić information content (AvgIpc) is 2.91. The van der Waals surface area contributed by atoms with Crippen LogP contribution in [0, 0.1) is 0 Å². The second kappa shape index (κ2) is 4.96. The van der Waals surface area contributed by atoms with E-state index in [1.54, 1.807) is 6.20 Å². The number of nitrogens with zero attached hydrogens (tertiary/aromatic N) is 3. The van der Waals surface area contributed by atoms with Crippen molar-refractivity contribution in [2.45, 2.75) is 6.10 Å². The average molecular weight is 239 g/mol. The smallest absolute Gasteiger partial charge is 0.336 e. The molecule has 0 bridgehead atoms. The number of rotatable bonds is 1. The quantitative estimate of drug-likeness (QED) is 0.630. The summed E-state index contributed by atoms with van der Waals surface area (Å²) in [7, 11) is 1.29. The van der Waals surface area contributed by atoms with E-state index in [0.29, 0.717) is 13.2 Å². The van der Waals surface area contributed by atoms with Crippen molar-refractivity contribution in [3.8, 4) is 0 Å². The van der Waals surface area contributed by atoms with Gasteiger partial charge in [0.25, 0.3) is 0 Å². The Hall–Kier alpha value is -1.89. The fraction of sp³-hybridized carbons (Fsp3) is 0.500. The van der Waals surface area contributed by atoms with Crippen molar-refractivity contribution in [3.05, 3.63) is 18.7 Å². The van der Waals surface area contributed by atoms with E-state index >= 15 is 0 Å². The Bertz CT molecular complexity index is 404. The highest BCUT2D eigenvalue weighted by Crippen LogP contribution is 2.08. The lowest BCUT2D eigenvalue weighted by Gasteiger charge is -2.31. The van der Waals surface area contributed by atoms with Crippen LogP contribution in [0.1, 0.15) is 0 Å². The van der Waals surface area contributed by atoms with E-state index in [9.17, 15) is 9.59 Å². The minimum absolute atomic E-state index is 0.198. The number of carbonyl (C=O) groups excluding carboxylic acids is 2. The molecule has 7 heteroatoms. The van der Waals surface area contributed by atoms with E-state index in [0.717, 1.165) is 0 Å². The number of ether oxygens (including phenoxy) is 2. The van der Waals surface area contributed by atoms with Gasteiger partial charge in [0.1, 0.15) is 6.33 Å². The highest BCUT2D eigenvalue weighted by atomic mass is 16.6. The molecule has 1 aliphatic heterocycles. The Labute approximate surface area is 97.9 Å². The Morgan fingerprint density at radius 1 is 1.53 bits per heavy atom. The highest BCUT2D eigenvalue weighted by Gasteiger charge is 2.30. The number of amides is 1. The molecule has 0 spiro atoms. The largest absolute Gasteiger partial charge is 0.467 e. The molecule has 0 radical (unpaired) electrons. The molecule has 1 unspecified atom stereocenters. The minimum atomic E-state index is -0.707. The van der Waals surface area contributed by atoms with Gasteiger partial charge in [-0.25, -0.2) is 14.6 Å². The van der Waals surface area contributed by atoms with Crippen molar-refractivity contribution in [3.63, 3.8) is 0 Å². The topological polar surface area (TPSA) is 73.7 Å². The third-order valence-electron chi connectivity index (χ3n) is 2.53. The molecule has 1 fully saturated rings. The van der Waals surface area contributed by atoms with Crippen molar-refractivity contribution in [1.29, 1.82) is 0 Å². The molecule has 0 saturated carbocycles. The molecule has 1 aromatic heterocycles. The minimum Gasteiger partial charge on any atom is -0.467 e. The molecule has 1 amide bonds. The van der Waals surface area contributed by atoms with Crippen molar-refractivity contribution in [2.75, 3.05) is 26.8 Å². The lowest BCUT2D eigenvalue weighted by molar-refractivity contribution is -0.158. The summed E-state index contributed by atoms with van der Waals surface area (Å²) in [4.78, 5) is 28.6. The summed E-state index contributed by atoms with van der Waals surface area (Å²) in [6, 6.07) is -0.222. The number of hydrogen-bond acceptors (Lipinski definition) is 5. The molecule has 1 saturated heterocycles. The van der Waals surface area contributed by atoms with Crippen LogP contribution in [0.4, 0.5) is 4.79 Å². The summed E-state index contributed by atoms with van der Waals surface area (Å²) in [6.07, 6.45) is 3.80. The van der Waals surface area contributed by atoms with E-state index < -0.39 is 12.1 Å². The first-order chi connectivity index (χ1) is 8.22. The third kappa shape index (κ3) is 2.44. The molecular formula is C10H13N3O4. The first kappa shape index (κ1) is 11.6. The molecule has 1 atom stereocenters. The molecular weight excluding hydrogens is 226 g/mol. The predicted octanol–water partition coefficient (Wildman–Crippen LogP) is -0.275. The zero-order chi connectivity index (χ0) is 12.3. The van der Waals surface area contributed by atoms with E-state index in [-0.39, 0.29) is 12.6 Å². The van der Waals surface area contributed by atoms with Crippen LogP contribution in [0.25, 0.3) is 0 Å². The van der Waals surface area contributed by atoms with Crippen LogP contribution in [0.5, 0.6) is 0 Å². The van der Waals surface area contributed by atoms with Crippen molar-refractivity contribution in [1.82, 2.24) is 14.5 Å². The monoisotopic (exact) mass is 239 g/mol. The second-order valence-corrected chi connectivity index (χ2v) is 3.58. The number of imidazole rings is 1. The number of aromatic nitrogens is 2. The standard InChI is InChI=1S/C10H13N3O4/c1-16-9(14)8-6-12(4-5-17-8)10(15)13-3-2-11-7-13/h2-3,7-8H,4-6H2,1H3. The highest BCUT2D eigenvalue weighted by molar-refractivity contribution is 5.79. The molecule has 7 nitrogen and oxygen atoms in total. The van der Waals surface area contributed by atoms with Gasteiger partial charge >= 0.3 is 12.0 Å². The van der Waals surface area contributed by atoms with Gasteiger partial charge in [-0.1, -0.05) is 0 Å². The fourth-order valence-corrected chi connectivity index (χ4v) is 1.63.